The molecule has 0 aromatic carbocycles. The molecule has 0 spiro atoms. The van der Waals surface area contributed by atoms with Gasteiger partial charge in [0.2, 0.25) is 0 Å². The lowest BCUT2D eigenvalue weighted by atomic mass is 10.4. The third-order valence-electron chi connectivity index (χ3n) is 1.97. The van der Waals surface area contributed by atoms with Crippen molar-refractivity contribution in [2.75, 3.05) is 6.26 Å². The summed E-state index contributed by atoms with van der Waals surface area (Å²) in [5.74, 6) is -0.464. The molecule has 2 N–H and O–H groups in total. The van der Waals surface area contributed by atoms with Crippen LogP contribution < -0.4 is 5.73 Å². The quantitative estimate of drug-likeness (QED) is 0.751. The summed E-state index contributed by atoms with van der Waals surface area (Å²) in [4.78, 5) is 16.2. The van der Waals surface area contributed by atoms with Crippen LogP contribution in [0.1, 0.15) is 10.5 Å². The fourth-order valence-electron chi connectivity index (χ4n) is 1.27. The largest absolute Gasteiger partial charge is 0.364 e. The van der Waals surface area contributed by atoms with Gasteiger partial charge in [0.1, 0.15) is 11.3 Å². The van der Waals surface area contributed by atoms with Gasteiger partial charge in [0.05, 0.1) is 6.20 Å². The smallest absolute Gasteiger partial charge is 0.267 e. The summed E-state index contributed by atoms with van der Waals surface area (Å²) in [6, 6.07) is 3.84. The molecule has 0 unspecified atom stereocenters. The predicted molar refractivity (Wildman–Crippen MR) is 55.5 cm³/mol. The fraction of sp³-hybridized carbons (Fsp3) is 0.111. The lowest BCUT2D eigenvalue weighted by Crippen LogP contribution is -2.13. The molecule has 72 valence electrons. The van der Waals surface area contributed by atoms with Crippen LogP contribution in [-0.2, 0) is 0 Å². The van der Waals surface area contributed by atoms with E-state index in [1.54, 1.807) is 22.4 Å². The van der Waals surface area contributed by atoms with Crippen molar-refractivity contribution in [2.24, 2.45) is 5.73 Å². The molecular weight excluding hydrogens is 198 g/mol. The van der Waals surface area contributed by atoms with Crippen LogP contribution in [0, 0.1) is 0 Å². The zero-order chi connectivity index (χ0) is 10.1. The molecule has 1 amide bonds. The van der Waals surface area contributed by atoms with Gasteiger partial charge in [0.15, 0.2) is 0 Å². The van der Waals surface area contributed by atoms with Crippen molar-refractivity contribution in [3.63, 3.8) is 0 Å². The topological polar surface area (TPSA) is 60.4 Å². The van der Waals surface area contributed by atoms with Crippen LogP contribution in [-0.4, -0.2) is 21.5 Å². The van der Waals surface area contributed by atoms with Crippen molar-refractivity contribution in [1.29, 1.82) is 0 Å². The van der Waals surface area contributed by atoms with Gasteiger partial charge >= 0.3 is 0 Å². The molecule has 2 heterocycles. The minimum absolute atomic E-state index is 0.410. The highest BCUT2D eigenvalue weighted by atomic mass is 32.2. The minimum Gasteiger partial charge on any atom is -0.364 e. The summed E-state index contributed by atoms with van der Waals surface area (Å²) < 4.78 is 1.68. The summed E-state index contributed by atoms with van der Waals surface area (Å²) in [5.41, 5.74) is 6.34. The second-order valence-corrected chi connectivity index (χ2v) is 3.68. The lowest BCUT2D eigenvalue weighted by Gasteiger charge is -1.99. The summed E-state index contributed by atoms with van der Waals surface area (Å²) >= 11 is 1.63. The second kappa shape index (κ2) is 3.34. The summed E-state index contributed by atoms with van der Waals surface area (Å²) in [5, 5.41) is 0. The van der Waals surface area contributed by atoms with Gasteiger partial charge in [-0.3, -0.25) is 9.20 Å². The lowest BCUT2D eigenvalue weighted by molar-refractivity contribution is 0.0995. The number of nitrogens with two attached hydrogens (primary N) is 1. The molecule has 0 fully saturated rings. The number of nitrogens with zero attached hydrogens (tertiary/aromatic N) is 2. The number of hydrogen-bond acceptors (Lipinski definition) is 3. The highest BCUT2D eigenvalue weighted by Crippen LogP contribution is 2.16. The van der Waals surface area contributed by atoms with Crippen molar-refractivity contribution in [2.45, 2.75) is 4.90 Å². The molecule has 2 rings (SSSR count). The standard InChI is InChI=1S/C9H9N3OS/c1-14-6-2-3-12-7(9(10)13)5-11-8(12)4-6/h2-5H,1H3,(H2,10,13). The van der Waals surface area contributed by atoms with Crippen LogP contribution in [0.5, 0.6) is 0 Å². The fourth-order valence-corrected chi connectivity index (χ4v) is 1.69. The van der Waals surface area contributed by atoms with Gasteiger partial charge in [-0.05, 0) is 18.4 Å². The Hall–Kier alpha value is -1.49. The van der Waals surface area contributed by atoms with Gasteiger partial charge in [0, 0.05) is 11.1 Å². The van der Waals surface area contributed by atoms with Crippen molar-refractivity contribution < 1.29 is 4.79 Å². The molecule has 0 aliphatic heterocycles. The number of hydrogen-bond donors (Lipinski definition) is 1. The number of amides is 1. The first-order valence-electron chi connectivity index (χ1n) is 4.03. The van der Waals surface area contributed by atoms with Crippen LogP contribution in [0.3, 0.4) is 0 Å². The SMILES string of the molecule is CSc1ccn2c(C(N)=O)cnc2c1. The predicted octanol–water partition coefficient (Wildman–Crippen LogP) is 1.16. The molecule has 0 aliphatic carbocycles. The average molecular weight is 207 g/mol. The molecule has 2 aromatic rings. The molecule has 0 saturated heterocycles. The monoisotopic (exact) mass is 207 g/mol. The van der Waals surface area contributed by atoms with Crippen molar-refractivity contribution in [1.82, 2.24) is 9.38 Å². The first kappa shape index (κ1) is 9.08. The molecule has 0 saturated carbocycles. The Kier molecular flexibility index (Phi) is 2.17. The van der Waals surface area contributed by atoms with E-state index in [0.29, 0.717) is 5.69 Å². The van der Waals surface area contributed by atoms with Crippen LogP contribution in [0.15, 0.2) is 29.4 Å². The summed E-state index contributed by atoms with van der Waals surface area (Å²) in [7, 11) is 0. The summed E-state index contributed by atoms with van der Waals surface area (Å²) in [6.45, 7) is 0. The van der Waals surface area contributed by atoms with E-state index in [9.17, 15) is 4.79 Å². The summed E-state index contributed by atoms with van der Waals surface area (Å²) in [6.07, 6.45) is 5.28. The van der Waals surface area contributed by atoms with E-state index < -0.39 is 5.91 Å². The molecule has 0 atom stereocenters. The van der Waals surface area contributed by atoms with Crippen LogP contribution >= 0.6 is 11.8 Å². The average Bonchev–Trinajstić information content (AvgIpc) is 2.59. The van der Waals surface area contributed by atoms with Gasteiger partial charge in [-0.15, -0.1) is 11.8 Å². The first-order valence-corrected chi connectivity index (χ1v) is 5.26. The van der Waals surface area contributed by atoms with Crippen LogP contribution in [0.2, 0.25) is 0 Å². The van der Waals surface area contributed by atoms with E-state index in [1.807, 2.05) is 18.4 Å². The number of aromatic nitrogens is 2. The Morgan fingerprint density at radius 1 is 1.64 bits per heavy atom. The van der Waals surface area contributed by atoms with Gasteiger partial charge in [-0.1, -0.05) is 0 Å². The van der Waals surface area contributed by atoms with Gasteiger partial charge < -0.3 is 5.73 Å². The number of fused-ring (bicyclic) bond motifs is 1. The zero-order valence-electron chi connectivity index (χ0n) is 7.60. The maximum atomic E-state index is 11.0. The molecular formula is C9H9N3OS. The van der Waals surface area contributed by atoms with E-state index in [4.69, 9.17) is 5.73 Å². The Labute approximate surface area is 85.1 Å². The Balaban J connectivity index is 2.65. The number of carbonyl (C=O) groups excluding carboxylic acids is 1. The third-order valence-corrected chi connectivity index (χ3v) is 2.70. The number of pyridine rings is 1. The Morgan fingerprint density at radius 2 is 2.43 bits per heavy atom. The van der Waals surface area contributed by atoms with E-state index in [2.05, 4.69) is 4.98 Å². The zero-order valence-corrected chi connectivity index (χ0v) is 8.41. The minimum atomic E-state index is -0.464. The second-order valence-electron chi connectivity index (χ2n) is 2.80. The normalized spacial score (nSPS) is 10.6. The highest BCUT2D eigenvalue weighted by Gasteiger charge is 2.07. The van der Waals surface area contributed by atoms with Gasteiger partial charge in [0.25, 0.3) is 5.91 Å². The number of thioether (sulfide) groups is 1. The van der Waals surface area contributed by atoms with Gasteiger partial charge in [-0.2, -0.15) is 0 Å². The van der Waals surface area contributed by atoms with Crippen molar-refractivity contribution in [3.05, 3.63) is 30.2 Å². The van der Waals surface area contributed by atoms with Crippen LogP contribution in [0.4, 0.5) is 0 Å². The van der Waals surface area contributed by atoms with Crippen molar-refractivity contribution >= 4 is 23.3 Å². The van der Waals surface area contributed by atoms with Gasteiger partial charge in [-0.25, -0.2) is 4.98 Å². The number of rotatable bonds is 2. The maximum absolute atomic E-state index is 11.0. The Morgan fingerprint density at radius 3 is 3.07 bits per heavy atom. The van der Waals surface area contributed by atoms with E-state index in [1.165, 1.54) is 6.20 Å². The molecule has 2 aromatic heterocycles. The molecule has 0 bridgehead atoms. The number of primary amides is 1. The molecule has 4 nitrogen and oxygen atoms in total. The number of imidazole rings is 1. The molecule has 14 heavy (non-hydrogen) atoms. The third kappa shape index (κ3) is 1.35. The van der Waals surface area contributed by atoms with Crippen molar-refractivity contribution in [3.8, 4) is 0 Å². The maximum Gasteiger partial charge on any atom is 0.267 e. The Bertz CT molecular complexity index is 492. The van der Waals surface area contributed by atoms with E-state index in [0.717, 1.165) is 10.5 Å². The van der Waals surface area contributed by atoms with E-state index >= 15 is 0 Å². The number of carbonyl (C=O) groups is 1. The van der Waals surface area contributed by atoms with E-state index in [-0.39, 0.29) is 0 Å². The molecule has 0 aliphatic rings. The highest BCUT2D eigenvalue weighted by molar-refractivity contribution is 7.98. The molecule has 0 radical (unpaired) electrons. The first-order chi connectivity index (χ1) is 6.72. The van der Waals surface area contributed by atoms with Crippen LogP contribution in [0.25, 0.3) is 5.65 Å². The molecule has 5 heteroatoms.